The smallest absolute Gasteiger partial charge is 0.260 e. The molecule has 34 heavy (non-hydrogen) atoms. The lowest BCUT2D eigenvalue weighted by molar-refractivity contribution is 0.0983. The van der Waals surface area contributed by atoms with E-state index in [0.29, 0.717) is 39.5 Å². The van der Waals surface area contributed by atoms with E-state index in [4.69, 9.17) is 30.8 Å². The highest BCUT2D eigenvalue weighted by Crippen LogP contribution is 2.39. The largest absolute Gasteiger partial charge is 0.493 e. The molecule has 0 aliphatic carbocycles. The molecule has 186 valence electrons. The van der Waals surface area contributed by atoms with E-state index in [1.54, 1.807) is 17.0 Å². The van der Waals surface area contributed by atoms with Gasteiger partial charge in [-0.15, -0.1) is 12.4 Å². The summed E-state index contributed by atoms with van der Waals surface area (Å²) in [5.74, 6) is 1.10. The Kier molecular flexibility index (Phi) is 10.2. The van der Waals surface area contributed by atoms with Crippen molar-refractivity contribution in [1.29, 1.82) is 0 Å². The topological polar surface area (TPSA) is 64.1 Å². The van der Waals surface area contributed by atoms with Crippen LogP contribution in [-0.2, 0) is 0 Å². The Morgan fingerprint density at radius 3 is 2.15 bits per heavy atom. The number of thiazole rings is 1. The molecular formula is C24H31Cl2N3O4S. The first-order valence-corrected chi connectivity index (χ1v) is 12.0. The van der Waals surface area contributed by atoms with E-state index in [-0.39, 0.29) is 18.3 Å². The van der Waals surface area contributed by atoms with Crippen LogP contribution in [0.4, 0.5) is 5.13 Å². The maximum Gasteiger partial charge on any atom is 0.260 e. The lowest BCUT2D eigenvalue weighted by Crippen LogP contribution is -2.38. The van der Waals surface area contributed by atoms with Crippen LogP contribution in [0.3, 0.4) is 0 Å². The van der Waals surface area contributed by atoms with Gasteiger partial charge in [-0.3, -0.25) is 9.69 Å². The summed E-state index contributed by atoms with van der Waals surface area (Å²) in [6, 6.07) is 7.11. The van der Waals surface area contributed by atoms with Gasteiger partial charge in [-0.25, -0.2) is 4.98 Å². The zero-order valence-electron chi connectivity index (χ0n) is 20.3. The van der Waals surface area contributed by atoms with Gasteiger partial charge in [0.2, 0.25) is 5.75 Å². The predicted molar refractivity (Wildman–Crippen MR) is 142 cm³/mol. The van der Waals surface area contributed by atoms with Crippen molar-refractivity contribution < 1.29 is 19.0 Å². The van der Waals surface area contributed by atoms with Gasteiger partial charge in [0.25, 0.3) is 5.91 Å². The van der Waals surface area contributed by atoms with Crippen LogP contribution in [-0.4, -0.2) is 63.3 Å². The maximum absolute atomic E-state index is 13.8. The van der Waals surface area contributed by atoms with E-state index >= 15 is 0 Å². The molecule has 1 aromatic heterocycles. The molecule has 10 heteroatoms. The zero-order valence-corrected chi connectivity index (χ0v) is 22.7. The first-order chi connectivity index (χ1) is 15.9. The number of aromatic nitrogens is 1. The number of benzene rings is 2. The van der Waals surface area contributed by atoms with Gasteiger partial charge in [0.1, 0.15) is 0 Å². The standard InChI is InChI=1S/C24H30ClN3O4S.ClH/c1-7-27(8-2)9-10-28(24-26-21-15(3)11-17(25)14-20(21)33-24)23(29)16-12-18(30-4)22(32-6)19(13-16)31-5;/h11-14H,7-10H2,1-6H3;1H. The fourth-order valence-corrected chi connectivity index (χ4v) is 5.13. The Balaban J connectivity index is 0.00000408. The molecular weight excluding hydrogens is 497 g/mol. The second kappa shape index (κ2) is 12.4. The first kappa shape index (κ1) is 28.0. The van der Waals surface area contributed by atoms with Crippen LogP contribution in [0.25, 0.3) is 10.2 Å². The number of carbonyl (C=O) groups is 1. The summed E-state index contributed by atoms with van der Waals surface area (Å²) in [5.41, 5.74) is 2.26. The number of ether oxygens (including phenoxy) is 3. The monoisotopic (exact) mass is 527 g/mol. The van der Waals surface area contributed by atoms with E-state index in [1.165, 1.54) is 32.7 Å². The van der Waals surface area contributed by atoms with E-state index in [0.717, 1.165) is 35.4 Å². The fraction of sp³-hybridized carbons (Fsp3) is 0.417. The molecule has 0 spiro atoms. The van der Waals surface area contributed by atoms with E-state index in [2.05, 4.69) is 18.7 Å². The van der Waals surface area contributed by atoms with Gasteiger partial charge < -0.3 is 19.1 Å². The summed E-state index contributed by atoms with van der Waals surface area (Å²) in [6.45, 7) is 9.20. The van der Waals surface area contributed by atoms with Gasteiger partial charge in [-0.2, -0.15) is 0 Å². The predicted octanol–water partition coefficient (Wildman–Crippen LogP) is 5.69. The SMILES string of the molecule is CCN(CC)CCN(C(=O)c1cc(OC)c(OC)c(OC)c1)c1nc2c(C)cc(Cl)cc2s1.Cl. The maximum atomic E-state index is 13.8. The molecule has 0 saturated heterocycles. The van der Waals surface area contributed by atoms with Gasteiger partial charge in [0, 0.05) is 23.7 Å². The molecule has 0 unspecified atom stereocenters. The lowest BCUT2D eigenvalue weighted by Gasteiger charge is -2.25. The van der Waals surface area contributed by atoms with Crippen LogP contribution in [0.5, 0.6) is 17.2 Å². The average molecular weight is 529 g/mol. The number of carbonyl (C=O) groups excluding carboxylic acids is 1. The second-order valence-corrected chi connectivity index (χ2v) is 8.91. The summed E-state index contributed by atoms with van der Waals surface area (Å²) in [5, 5.41) is 1.28. The quantitative estimate of drug-likeness (QED) is 0.337. The van der Waals surface area contributed by atoms with Crippen LogP contribution in [0.2, 0.25) is 5.02 Å². The van der Waals surface area contributed by atoms with Gasteiger partial charge in [0.15, 0.2) is 16.6 Å². The van der Waals surface area contributed by atoms with Crippen molar-refractivity contribution in [3.8, 4) is 17.2 Å². The van der Waals surface area contributed by atoms with Gasteiger partial charge in [0.05, 0.1) is 31.5 Å². The van der Waals surface area contributed by atoms with E-state index < -0.39 is 0 Å². The molecule has 3 rings (SSSR count). The lowest BCUT2D eigenvalue weighted by atomic mass is 10.1. The van der Waals surface area contributed by atoms with E-state index in [1.807, 2.05) is 19.1 Å². The molecule has 0 saturated carbocycles. The Morgan fingerprint density at radius 2 is 1.62 bits per heavy atom. The molecule has 0 radical (unpaired) electrons. The molecule has 1 heterocycles. The minimum atomic E-state index is -0.191. The molecule has 2 aromatic carbocycles. The Labute approximate surface area is 216 Å². The van der Waals surface area contributed by atoms with Gasteiger partial charge in [-0.1, -0.05) is 36.8 Å². The highest BCUT2D eigenvalue weighted by Gasteiger charge is 2.25. The second-order valence-electron chi connectivity index (χ2n) is 7.46. The van der Waals surface area contributed by atoms with Crippen molar-refractivity contribution >= 4 is 56.6 Å². The molecule has 0 aliphatic rings. The minimum absolute atomic E-state index is 0. The van der Waals surface area contributed by atoms with Crippen LogP contribution in [0.15, 0.2) is 24.3 Å². The molecule has 0 bridgehead atoms. The minimum Gasteiger partial charge on any atom is -0.493 e. The fourth-order valence-electron chi connectivity index (χ4n) is 3.68. The number of aryl methyl sites for hydroxylation is 1. The number of hydrogen-bond donors (Lipinski definition) is 0. The third-order valence-electron chi connectivity index (χ3n) is 5.56. The van der Waals surface area contributed by atoms with Crippen molar-refractivity contribution in [2.45, 2.75) is 20.8 Å². The van der Waals surface area contributed by atoms with Crippen molar-refractivity contribution in [3.05, 3.63) is 40.4 Å². The number of anilines is 1. The molecule has 3 aromatic rings. The zero-order chi connectivity index (χ0) is 24.1. The van der Waals surface area contributed by atoms with Crippen LogP contribution in [0, 0.1) is 6.92 Å². The third kappa shape index (κ3) is 5.86. The van der Waals surface area contributed by atoms with Gasteiger partial charge >= 0.3 is 0 Å². The van der Waals surface area contributed by atoms with Crippen LogP contribution < -0.4 is 19.1 Å². The highest BCUT2D eigenvalue weighted by molar-refractivity contribution is 7.22. The normalized spacial score (nSPS) is 10.8. The number of amides is 1. The number of halogens is 2. The molecule has 0 aliphatic heterocycles. The summed E-state index contributed by atoms with van der Waals surface area (Å²) < 4.78 is 17.3. The molecule has 0 fully saturated rings. The first-order valence-electron chi connectivity index (χ1n) is 10.8. The van der Waals surface area contributed by atoms with Crippen molar-refractivity contribution in [1.82, 2.24) is 9.88 Å². The van der Waals surface area contributed by atoms with Gasteiger partial charge in [-0.05, 0) is 49.8 Å². The summed E-state index contributed by atoms with van der Waals surface area (Å²) in [4.78, 5) is 22.6. The third-order valence-corrected chi connectivity index (χ3v) is 6.80. The number of likely N-dealkylation sites (N-methyl/N-ethyl adjacent to an activating group) is 1. The molecule has 7 nitrogen and oxygen atoms in total. The Bertz CT molecular complexity index is 1110. The molecule has 1 amide bonds. The number of nitrogens with zero attached hydrogens (tertiary/aromatic N) is 3. The highest BCUT2D eigenvalue weighted by atomic mass is 35.5. The van der Waals surface area contributed by atoms with Crippen molar-refractivity contribution in [2.75, 3.05) is 52.4 Å². The number of methoxy groups -OCH3 is 3. The number of rotatable bonds is 10. The number of fused-ring (bicyclic) bond motifs is 1. The summed E-state index contributed by atoms with van der Waals surface area (Å²) in [7, 11) is 4.60. The van der Waals surface area contributed by atoms with Crippen LogP contribution in [0.1, 0.15) is 29.8 Å². The average Bonchev–Trinajstić information content (AvgIpc) is 3.24. The summed E-state index contributed by atoms with van der Waals surface area (Å²) >= 11 is 7.71. The van der Waals surface area contributed by atoms with Crippen molar-refractivity contribution in [3.63, 3.8) is 0 Å². The Hall–Kier alpha value is -2.26. The molecule has 0 N–H and O–H groups in total. The Morgan fingerprint density at radius 1 is 1.00 bits per heavy atom. The summed E-state index contributed by atoms with van der Waals surface area (Å²) in [6.07, 6.45) is 0. The van der Waals surface area contributed by atoms with Crippen molar-refractivity contribution in [2.24, 2.45) is 0 Å². The van der Waals surface area contributed by atoms with E-state index in [9.17, 15) is 4.79 Å². The molecule has 0 atom stereocenters. The van der Waals surface area contributed by atoms with Crippen LogP contribution >= 0.6 is 35.3 Å². The number of hydrogen-bond acceptors (Lipinski definition) is 7.